The first-order chi connectivity index (χ1) is 22.3. The van der Waals surface area contributed by atoms with Gasteiger partial charge in [-0.3, -0.25) is 0 Å². The molecule has 0 nitrogen and oxygen atoms in total. The SMILES string of the molecule is Cc1cc(C)c(-c2c3c(c(-c4c(C)cc(C)cc4C)c4ccccc24)-c2cc4c5ccccc5ccc4c4cccc-3c24)c(C)c1. The number of fused-ring (bicyclic) bond motifs is 8. The molecule has 0 aromatic heterocycles. The fraction of sp³-hybridized carbons (Fsp3) is 0.130. The van der Waals surface area contributed by atoms with Crippen molar-refractivity contribution >= 4 is 43.1 Å². The van der Waals surface area contributed by atoms with Crippen LogP contribution in [-0.4, -0.2) is 0 Å². The minimum atomic E-state index is 1.28. The lowest BCUT2D eigenvalue weighted by atomic mass is 9.78. The molecule has 8 aromatic carbocycles. The van der Waals surface area contributed by atoms with Gasteiger partial charge in [-0.05, 0) is 157 Å². The van der Waals surface area contributed by atoms with Gasteiger partial charge in [-0.25, -0.2) is 0 Å². The Labute approximate surface area is 271 Å². The molecule has 0 unspecified atom stereocenters. The monoisotopic (exact) mass is 588 g/mol. The normalized spacial score (nSPS) is 12.1. The number of benzene rings is 8. The summed E-state index contributed by atoms with van der Waals surface area (Å²) in [6, 6.07) is 41.6. The van der Waals surface area contributed by atoms with E-state index in [0.717, 1.165) is 0 Å². The molecular weight excluding hydrogens is 553 g/mol. The molecule has 0 heterocycles. The summed E-state index contributed by atoms with van der Waals surface area (Å²) < 4.78 is 0. The third kappa shape index (κ3) is 3.62. The highest BCUT2D eigenvalue weighted by Gasteiger charge is 2.33. The maximum absolute atomic E-state index is 2.52. The fourth-order valence-electron chi connectivity index (χ4n) is 9.02. The molecule has 9 rings (SSSR count). The highest BCUT2D eigenvalue weighted by atomic mass is 14.3. The van der Waals surface area contributed by atoms with E-state index >= 15 is 0 Å². The summed E-state index contributed by atoms with van der Waals surface area (Å²) in [5, 5.41) is 10.6. The first-order valence-electron chi connectivity index (χ1n) is 16.4. The summed E-state index contributed by atoms with van der Waals surface area (Å²) in [7, 11) is 0. The van der Waals surface area contributed by atoms with Gasteiger partial charge in [0.25, 0.3) is 0 Å². The van der Waals surface area contributed by atoms with Crippen LogP contribution in [0.3, 0.4) is 0 Å². The van der Waals surface area contributed by atoms with E-state index in [1.54, 1.807) is 0 Å². The molecule has 1 aliphatic carbocycles. The van der Waals surface area contributed by atoms with Crippen molar-refractivity contribution in [1.29, 1.82) is 0 Å². The lowest BCUT2D eigenvalue weighted by molar-refractivity contribution is 1.32. The van der Waals surface area contributed by atoms with Crippen molar-refractivity contribution in [2.75, 3.05) is 0 Å². The van der Waals surface area contributed by atoms with Gasteiger partial charge < -0.3 is 0 Å². The molecule has 220 valence electrons. The van der Waals surface area contributed by atoms with Gasteiger partial charge in [-0.1, -0.05) is 114 Å². The van der Waals surface area contributed by atoms with Crippen LogP contribution in [0.4, 0.5) is 0 Å². The summed E-state index contributed by atoms with van der Waals surface area (Å²) in [4.78, 5) is 0. The Morgan fingerprint density at radius 3 is 1.39 bits per heavy atom. The zero-order chi connectivity index (χ0) is 31.4. The van der Waals surface area contributed by atoms with E-state index in [2.05, 4.69) is 151 Å². The zero-order valence-electron chi connectivity index (χ0n) is 27.4. The topological polar surface area (TPSA) is 0 Å². The second kappa shape index (κ2) is 9.65. The van der Waals surface area contributed by atoms with E-state index in [-0.39, 0.29) is 0 Å². The number of hydrogen-bond donors (Lipinski definition) is 0. The Balaban J connectivity index is 1.58. The molecule has 0 saturated carbocycles. The minimum absolute atomic E-state index is 1.28. The van der Waals surface area contributed by atoms with Gasteiger partial charge in [0.05, 0.1) is 0 Å². The second-order valence-electron chi connectivity index (χ2n) is 13.6. The summed E-state index contributed by atoms with van der Waals surface area (Å²) in [5.41, 5.74) is 18.9. The van der Waals surface area contributed by atoms with Gasteiger partial charge in [0, 0.05) is 0 Å². The lowest BCUT2D eigenvalue weighted by Crippen LogP contribution is -1.99. The molecule has 8 aromatic rings. The quantitative estimate of drug-likeness (QED) is 0.176. The molecule has 0 saturated heterocycles. The van der Waals surface area contributed by atoms with Crippen LogP contribution in [0.2, 0.25) is 0 Å². The highest BCUT2D eigenvalue weighted by molar-refractivity contribution is 6.32. The average molecular weight is 589 g/mol. The standard InChI is InChI=1S/C46H36/c1-25-20-27(3)40(28(4)21-25)43-35-14-9-10-15-36(35)44(41-29(5)22-26(2)23-30(41)6)46-39-24-38-32-13-8-7-12-31(32)18-19-33(38)34-16-11-17-37(42(34)39)45(43)46/h7-24H,1-6H3. The molecule has 0 radical (unpaired) electrons. The van der Waals surface area contributed by atoms with Gasteiger partial charge in [-0.2, -0.15) is 0 Å². The third-order valence-electron chi connectivity index (χ3n) is 10.5. The highest BCUT2D eigenvalue weighted by Crippen LogP contribution is 2.60. The minimum Gasteiger partial charge on any atom is -0.0616 e. The van der Waals surface area contributed by atoms with E-state index in [1.165, 1.54) is 121 Å². The summed E-state index contributed by atoms with van der Waals surface area (Å²) in [5.74, 6) is 0. The molecule has 0 atom stereocenters. The Hall–Kier alpha value is -5.20. The fourth-order valence-corrected chi connectivity index (χ4v) is 9.02. The van der Waals surface area contributed by atoms with Crippen LogP contribution in [0.1, 0.15) is 33.4 Å². The van der Waals surface area contributed by atoms with E-state index in [0.29, 0.717) is 0 Å². The average Bonchev–Trinajstić information content (AvgIpc) is 3.35. The summed E-state index contributed by atoms with van der Waals surface area (Å²) >= 11 is 0. The van der Waals surface area contributed by atoms with Crippen LogP contribution in [0, 0.1) is 41.5 Å². The van der Waals surface area contributed by atoms with Crippen LogP contribution in [0.25, 0.3) is 87.6 Å². The summed E-state index contributed by atoms with van der Waals surface area (Å²) in [6.45, 7) is 13.6. The van der Waals surface area contributed by atoms with Crippen LogP contribution in [0.15, 0.2) is 109 Å². The lowest BCUT2D eigenvalue weighted by Gasteiger charge is -2.24. The van der Waals surface area contributed by atoms with Gasteiger partial charge in [0.2, 0.25) is 0 Å². The van der Waals surface area contributed by atoms with Crippen LogP contribution in [-0.2, 0) is 0 Å². The maximum Gasteiger partial charge on any atom is -0.000698 e. The molecular formula is C46H36. The van der Waals surface area contributed by atoms with Gasteiger partial charge >= 0.3 is 0 Å². The molecule has 0 bridgehead atoms. The van der Waals surface area contributed by atoms with Crippen molar-refractivity contribution in [3.05, 3.63) is 143 Å². The van der Waals surface area contributed by atoms with Crippen molar-refractivity contribution in [3.63, 3.8) is 0 Å². The van der Waals surface area contributed by atoms with Crippen molar-refractivity contribution in [2.45, 2.75) is 41.5 Å². The number of rotatable bonds is 2. The van der Waals surface area contributed by atoms with Crippen molar-refractivity contribution in [1.82, 2.24) is 0 Å². The Bertz CT molecular complexity index is 2580. The number of hydrogen-bond acceptors (Lipinski definition) is 0. The zero-order valence-corrected chi connectivity index (χ0v) is 27.4. The molecule has 1 aliphatic rings. The summed E-state index contributed by atoms with van der Waals surface area (Å²) in [6.07, 6.45) is 0. The predicted molar refractivity (Wildman–Crippen MR) is 200 cm³/mol. The largest absolute Gasteiger partial charge is 0.0616 e. The molecule has 0 amide bonds. The Kier molecular flexibility index (Phi) is 5.69. The van der Waals surface area contributed by atoms with Gasteiger partial charge in [0.15, 0.2) is 0 Å². The molecule has 0 spiro atoms. The van der Waals surface area contributed by atoms with Crippen LogP contribution in [0.5, 0.6) is 0 Å². The van der Waals surface area contributed by atoms with Crippen molar-refractivity contribution < 1.29 is 0 Å². The van der Waals surface area contributed by atoms with E-state index in [1.807, 2.05) is 0 Å². The Morgan fingerprint density at radius 1 is 0.304 bits per heavy atom. The molecule has 0 N–H and O–H groups in total. The van der Waals surface area contributed by atoms with Crippen LogP contribution < -0.4 is 0 Å². The third-order valence-corrected chi connectivity index (χ3v) is 10.5. The van der Waals surface area contributed by atoms with Crippen molar-refractivity contribution in [3.8, 4) is 44.5 Å². The second-order valence-corrected chi connectivity index (χ2v) is 13.6. The van der Waals surface area contributed by atoms with Crippen LogP contribution >= 0.6 is 0 Å². The first kappa shape index (κ1) is 27.1. The van der Waals surface area contributed by atoms with E-state index in [4.69, 9.17) is 0 Å². The van der Waals surface area contributed by atoms with E-state index in [9.17, 15) is 0 Å². The van der Waals surface area contributed by atoms with E-state index < -0.39 is 0 Å². The Morgan fingerprint density at radius 2 is 0.804 bits per heavy atom. The molecule has 0 fully saturated rings. The molecule has 46 heavy (non-hydrogen) atoms. The smallest absolute Gasteiger partial charge is 0.000698 e. The van der Waals surface area contributed by atoms with Gasteiger partial charge in [0.1, 0.15) is 0 Å². The molecule has 0 aliphatic heterocycles. The van der Waals surface area contributed by atoms with Crippen molar-refractivity contribution in [2.24, 2.45) is 0 Å². The number of aryl methyl sites for hydroxylation is 6. The predicted octanol–water partition coefficient (Wildman–Crippen LogP) is 13.1. The first-order valence-corrected chi connectivity index (χ1v) is 16.4. The maximum atomic E-state index is 2.52. The van der Waals surface area contributed by atoms with Gasteiger partial charge in [-0.15, -0.1) is 0 Å². The molecule has 0 heteroatoms.